The van der Waals surface area contributed by atoms with E-state index in [1.807, 2.05) is 35.4 Å². The maximum atomic E-state index is 13.5. The van der Waals surface area contributed by atoms with Gasteiger partial charge in [0.25, 0.3) is 0 Å². The molecule has 3 aromatic heterocycles. The molecule has 1 amide bonds. The number of aryl methyl sites for hydroxylation is 2. The molecule has 212 valence electrons. The number of benzene rings is 1. The second-order valence-electron chi connectivity index (χ2n) is 10.3. The van der Waals surface area contributed by atoms with Crippen LogP contribution in [0.5, 0.6) is 0 Å². The van der Waals surface area contributed by atoms with Gasteiger partial charge in [-0.25, -0.2) is 19.0 Å². The number of nitrogens with zero attached hydrogens (tertiary/aromatic N) is 8. The highest BCUT2D eigenvalue weighted by atomic mass is 32.1. The molecule has 0 bridgehead atoms. The van der Waals surface area contributed by atoms with Crippen molar-refractivity contribution < 1.29 is 13.9 Å². The van der Waals surface area contributed by atoms with Crippen LogP contribution in [0.1, 0.15) is 23.9 Å². The van der Waals surface area contributed by atoms with E-state index in [1.54, 1.807) is 12.1 Å². The first-order valence-electron chi connectivity index (χ1n) is 13.8. The number of hydrogen-bond donors (Lipinski definition) is 0. The Hall–Kier alpha value is -4.08. The van der Waals surface area contributed by atoms with Gasteiger partial charge < -0.3 is 19.4 Å². The summed E-state index contributed by atoms with van der Waals surface area (Å²) in [5.41, 5.74) is 3.75. The number of nitriles is 1. The van der Waals surface area contributed by atoms with Gasteiger partial charge in [0.15, 0.2) is 10.8 Å². The lowest BCUT2D eigenvalue weighted by molar-refractivity contribution is -0.135. The van der Waals surface area contributed by atoms with Crippen LogP contribution in [0.15, 0.2) is 30.3 Å². The lowest BCUT2D eigenvalue weighted by Crippen LogP contribution is -2.50. The minimum Gasteiger partial charge on any atom is -0.381 e. The second kappa shape index (κ2) is 11.1. The van der Waals surface area contributed by atoms with E-state index in [0.717, 1.165) is 42.1 Å². The Balaban J connectivity index is 1.31. The van der Waals surface area contributed by atoms with Crippen molar-refractivity contribution in [3.8, 4) is 17.3 Å². The Morgan fingerprint density at radius 3 is 2.63 bits per heavy atom. The normalized spacial score (nSPS) is 17.3. The Bertz CT molecular complexity index is 1630. The largest absolute Gasteiger partial charge is 0.381 e. The van der Waals surface area contributed by atoms with Crippen molar-refractivity contribution in [3.63, 3.8) is 0 Å². The predicted octanol–water partition coefficient (Wildman–Crippen LogP) is 4.35. The number of carbonyl (C=O) groups is 1. The molecule has 2 aliphatic rings. The van der Waals surface area contributed by atoms with Crippen LogP contribution in [0.25, 0.3) is 22.3 Å². The van der Waals surface area contributed by atoms with Gasteiger partial charge in [0.05, 0.1) is 29.3 Å². The summed E-state index contributed by atoms with van der Waals surface area (Å²) in [6, 6.07) is 10.4. The van der Waals surface area contributed by atoms with Gasteiger partial charge >= 0.3 is 0 Å². The fraction of sp³-hybridized carbons (Fsp3) is 0.414. The van der Waals surface area contributed by atoms with E-state index in [2.05, 4.69) is 17.0 Å². The molecular weight excluding hydrogens is 543 g/mol. The lowest BCUT2D eigenvalue weighted by atomic mass is 10.1. The number of thiazole rings is 1. The molecule has 2 saturated heterocycles. The monoisotopic (exact) mass is 574 g/mol. The van der Waals surface area contributed by atoms with Crippen LogP contribution in [0, 0.1) is 30.0 Å². The number of ether oxygens (including phenoxy) is 1. The van der Waals surface area contributed by atoms with Crippen LogP contribution in [0.2, 0.25) is 0 Å². The highest BCUT2D eigenvalue weighted by Crippen LogP contribution is 2.39. The Labute approximate surface area is 241 Å². The van der Waals surface area contributed by atoms with Crippen molar-refractivity contribution >= 4 is 44.9 Å². The Morgan fingerprint density at radius 2 is 1.98 bits per heavy atom. The van der Waals surface area contributed by atoms with Gasteiger partial charge in [-0.3, -0.25) is 4.79 Å². The van der Waals surface area contributed by atoms with Gasteiger partial charge in [-0.15, -0.1) is 0 Å². The standard InChI is InChI=1S/C29H31FN8O2S/c1-4-38-27(35(3)29-33-25(24(16-31)41-29)19-5-7-21(30)8-6-19)22-15-23(18(2)32-26(22)34-38)36-10-12-37(13-11-36)28(39)20-9-14-40-17-20/h5-8,15,20H,4,9-14,17H2,1-3H3/t20-/m0/s1. The maximum Gasteiger partial charge on any atom is 0.228 e. The first-order valence-corrected chi connectivity index (χ1v) is 14.6. The summed E-state index contributed by atoms with van der Waals surface area (Å²) < 4.78 is 20.8. The number of pyridine rings is 1. The molecular formula is C29H31FN8O2S. The summed E-state index contributed by atoms with van der Waals surface area (Å²) in [4.78, 5) is 29.2. The lowest BCUT2D eigenvalue weighted by Gasteiger charge is -2.37. The number of fused-ring (bicyclic) bond motifs is 1. The van der Waals surface area contributed by atoms with Gasteiger partial charge in [-0.1, -0.05) is 11.3 Å². The first kappa shape index (κ1) is 27.1. The topological polar surface area (TPSA) is 103 Å². The molecule has 5 heterocycles. The second-order valence-corrected chi connectivity index (χ2v) is 11.3. The molecule has 12 heteroatoms. The van der Waals surface area contributed by atoms with Crippen molar-refractivity contribution in [1.29, 1.82) is 5.26 Å². The molecule has 6 rings (SSSR count). The average Bonchev–Trinajstić information content (AvgIpc) is 3.75. The third-order valence-corrected chi connectivity index (χ3v) is 8.85. The summed E-state index contributed by atoms with van der Waals surface area (Å²) >= 11 is 1.28. The van der Waals surface area contributed by atoms with E-state index in [4.69, 9.17) is 19.8 Å². The Kier molecular flexibility index (Phi) is 7.32. The highest BCUT2D eigenvalue weighted by Gasteiger charge is 2.31. The van der Waals surface area contributed by atoms with Crippen molar-refractivity contribution in [2.75, 3.05) is 56.2 Å². The van der Waals surface area contributed by atoms with Crippen LogP contribution in [0.3, 0.4) is 0 Å². The number of halogens is 1. The molecule has 0 radical (unpaired) electrons. The van der Waals surface area contributed by atoms with E-state index >= 15 is 0 Å². The smallest absolute Gasteiger partial charge is 0.228 e. The summed E-state index contributed by atoms with van der Waals surface area (Å²) in [6.45, 7) is 8.59. The van der Waals surface area contributed by atoms with Crippen molar-refractivity contribution in [1.82, 2.24) is 24.6 Å². The van der Waals surface area contributed by atoms with Crippen LogP contribution in [0.4, 0.5) is 21.0 Å². The Morgan fingerprint density at radius 1 is 1.22 bits per heavy atom. The molecule has 2 aliphatic heterocycles. The zero-order valence-corrected chi connectivity index (χ0v) is 24.1. The zero-order valence-electron chi connectivity index (χ0n) is 23.3. The minimum atomic E-state index is -0.340. The van der Waals surface area contributed by atoms with Gasteiger partial charge in [0.2, 0.25) is 5.91 Å². The number of rotatable bonds is 6. The van der Waals surface area contributed by atoms with E-state index in [9.17, 15) is 14.4 Å². The zero-order chi connectivity index (χ0) is 28.7. The molecule has 4 aromatic rings. The van der Waals surface area contributed by atoms with Crippen molar-refractivity contribution in [3.05, 3.63) is 46.7 Å². The first-order chi connectivity index (χ1) is 19.9. The van der Waals surface area contributed by atoms with Crippen molar-refractivity contribution in [2.24, 2.45) is 5.92 Å². The van der Waals surface area contributed by atoms with Crippen LogP contribution < -0.4 is 9.80 Å². The average molecular weight is 575 g/mol. The summed E-state index contributed by atoms with van der Waals surface area (Å²) in [5.74, 6) is 0.666. The number of hydrogen-bond acceptors (Lipinski definition) is 9. The molecule has 10 nitrogen and oxygen atoms in total. The quantitative estimate of drug-likeness (QED) is 0.335. The van der Waals surface area contributed by atoms with Gasteiger partial charge in [0.1, 0.15) is 28.3 Å². The fourth-order valence-corrected chi connectivity index (χ4v) is 6.44. The van der Waals surface area contributed by atoms with Crippen LogP contribution in [-0.2, 0) is 16.1 Å². The number of aromatic nitrogens is 4. The number of amides is 1. The number of carbonyl (C=O) groups excluding carboxylic acids is 1. The number of anilines is 3. The minimum absolute atomic E-state index is 0.0183. The molecule has 41 heavy (non-hydrogen) atoms. The fourth-order valence-electron chi connectivity index (χ4n) is 5.60. The van der Waals surface area contributed by atoms with E-state index < -0.39 is 0 Å². The molecule has 0 N–H and O–H groups in total. The predicted molar refractivity (Wildman–Crippen MR) is 156 cm³/mol. The third-order valence-electron chi connectivity index (χ3n) is 7.82. The number of piperazine rings is 1. The van der Waals surface area contributed by atoms with Crippen LogP contribution in [-0.4, -0.2) is 77.0 Å². The maximum absolute atomic E-state index is 13.5. The van der Waals surface area contributed by atoms with Gasteiger partial charge in [-0.2, -0.15) is 10.4 Å². The third kappa shape index (κ3) is 5.00. The van der Waals surface area contributed by atoms with E-state index in [0.29, 0.717) is 59.8 Å². The molecule has 0 spiro atoms. The highest BCUT2D eigenvalue weighted by molar-refractivity contribution is 7.16. The van der Waals surface area contributed by atoms with E-state index in [-0.39, 0.29) is 17.6 Å². The summed E-state index contributed by atoms with van der Waals surface area (Å²) in [6.07, 6.45) is 0.802. The molecule has 0 unspecified atom stereocenters. The molecule has 0 saturated carbocycles. The van der Waals surface area contributed by atoms with Gasteiger partial charge in [0, 0.05) is 51.9 Å². The molecule has 0 aliphatic carbocycles. The van der Waals surface area contributed by atoms with E-state index in [1.165, 1.54) is 23.5 Å². The van der Waals surface area contributed by atoms with Gasteiger partial charge in [-0.05, 0) is 50.6 Å². The summed E-state index contributed by atoms with van der Waals surface area (Å²) in [7, 11) is 1.91. The van der Waals surface area contributed by atoms with Crippen LogP contribution >= 0.6 is 11.3 Å². The molecule has 1 aromatic carbocycles. The molecule has 2 fully saturated rings. The molecule has 1 atom stereocenters. The SMILES string of the molecule is CCn1nc2nc(C)c(N3CCN(C(=O)[C@H]4CCOC4)CC3)cc2c1N(C)c1nc(-c2ccc(F)cc2)c(C#N)s1. The van der Waals surface area contributed by atoms with Crippen molar-refractivity contribution in [2.45, 2.75) is 26.8 Å². The summed E-state index contributed by atoms with van der Waals surface area (Å²) in [5, 5.41) is 16.1.